The highest BCUT2D eigenvalue weighted by Crippen LogP contribution is 2.05. The van der Waals surface area contributed by atoms with E-state index in [1.165, 1.54) is 25.0 Å². The Kier molecular flexibility index (Phi) is 2.52. The van der Waals surface area contributed by atoms with Crippen LogP contribution in [0.25, 0.3) is 0 Å². The van der Waals surface area contributed by atoms with E-state index < -0.39 is 10.2 Å². The molecule has 7 nitrogen and oxygen atoms in total. The molecule has 0 aliphatic rings. The molecule has 0 aliphatic carbocycles. The molecular formula is C5H11N5O2S. The summed E-state index contributed by atoms with van der Waals surface area (Å²) in [5, 5.41) is 7.11. The van der Waals surface area contributed by atoms with E-state index in [9.17, 15) is 8.42 Å². The molecule has 0 aliphatic heterocycles. The molecule has 1 N–H and O–H groups in total. The lowest BCUT2D eigenvalue weighted by atomic mass is 10.8. The van der Waals surface area contributed by atoms with Crippen molar-refractivity contribution in [3.63, 3.8) is 0 Å². The lowest BCUT2D eigenvalue weighted by Gasteiger charge is -2.12. The first kappa shape index (κ1) is 9.93. The number of aromatic nitrogens is 3. The maximum absolute atomic E-state index is 11.3. The lowest BCUT2D eigenvalue weighted by molar-refractivity contribution is 0.526. The first-order chi connectivity index (χ1) is 5.93. The summed E-state index contributed by atoms with van der Waals surface area (Å²) >= 11 is 0. The third-order valence-corrected chi connectivity index (χ3v) is 2.86. The van der Waals surface area contributed by atoms with Crippen LogP contribution in [-0.2, 0) is 17.3 Å². The normalized spacial score (nSPS) is 12.0. The molecule has 0 bridgehead atoms. The second kappa shape index (κ2) is 3.30. The number of aryl methyl sites for hydroxylation is 1. The van der Waals surface area contributed by atoms with Crippen molar-refractivity contribution in [2.75, 3.05) is 18.8 Å². The molecule has 8 heteroatoms. The lowest BCUT2D eigenvalue weighted by Crippen LogP contribution is -2.29. The maximum atomic E-state index is 11.3. The molecule has 0 saturated heterocycles. The minimum Gasteiger partial charge on any atom is -0.253 e. The third kappa shape index (κ3) is 2.16. The van der Waals surface area contributed by atoms with E-state index in [-0.39, 0.29) is 0 Å². The van der Waals surface area contributed by atoms with Crippen LogP contribution in [0.2, 0.25) is 0 Å². The Morgan fingerprint density at radius 2 is 2.15 bits per heavy atom. The van der Waals surface area contributed by atoms with Crippen LogP contribution in [0.5, 0.6) is 0 Å². The van der Waals surface area contributed by atoms with Crippen LogP contribution >= 0.6 is 0 Å². The molecule has 0 saturated carbocycles. The molecule has 0 unspecified atom stereocenters. The maximum Gasteiger partial charge on any atom is 0.302 e. The Morgan fingerprint density at radius 3 is 2.54 bits per heavy atom. The quantitative estimate of drug-likeness (QED) is 0.688. The highest BCUT2D eigenvalue weighted by molar-refractivity contribution is 7.90. The largest absolute Gasteiger partial charge is 0.302 e. The second-order valence-electron chi connectivity index (χ2n) is 2.63. The van der Waals surface area contributed by atoms with Gasteiger partial charge in [0.05, 0.1) is 6.20 Å². The van der Waals surface area contributed by atoms with Gasteiger partial charge >= 0.3 is 10.2 Å². The highest BCUT2D eigenvalue weighted by atomic mass is 32.2. The van der Waals surface area contributed by atoms with Gasteiger partial charge in [0.2, 0.25) is 0 Å². The van der Waals surface area contributed by atoms with E-state index in [2.05, 4.69) is 15.0 Å². The van der Waals surface area contributed by atoms with Gasteiger partial charge in [-0.25, -0.2) is 4.68 Å². The van der Waals surface area contributed by atoms with Crippen LogP contribution in [0.15, 0.2) is 6.20 Å². The molecule has 0 spiro atoms. The molecule has 0 fully saturated rings. The first-order valence-electron chi connectivity index (χ1n) is 3.48. The van der Waals surface area contributed by atoms with E-state index in [0.29, 0.717) is 5.82 Å². The van der Waals surface area contributed by atoms with Crippen LogP contribution < -0.4 is 4.72 Å². The second-order valence-corrected chi connectivity index (χ2v) is 4.52. The van der Waals surface area contributed by atoms with Crippen molar-refractivity contribution < 1.29 is 8.42 Å². The molecule has 1 aromatic heterocycles. The van der Waals surface area contributed by atoms with Crippen LogP contribution in [0.3, 0.4) is 0 Å². The van der Waals surface area contributed by atoms with Crippen LogP contribution in [-0.4, -0.2) is 41.8 Å². The topological polar surface area (TPSA) is 80.1 Å². The minimum absolute atomic E-state index is 0.328. The number of hydrogen-bond acceptors (Lipinski definition) is 4. The summed E-state index contributed by atoms with van der Waals surface area (Å²) in [5.41, 5.74) is 0. The number of hydrogen-bond donors (Lipinski definition) is 1. The highest BCUT2D eigenvalue weighted by Gasteiger charge is 2.14. The predicted molar refractivity (Wildman–Crippen MR) is 47.2 cm³/mol. The van der Waals surface area contributed by atoms with Crippen LogP contribution in [0, 0.1) is 0 Å². The van der Waals surface area contributed by atoms with Gasteiger partial charge in [-0.2, -0.15) is 12.7 Å². The van der Waals surface area contributed by atoms with E-state index in [0.717, 1.165) is 4.31 Å². The Balaban J connectivity index is 2.88. The Labute approximate surface area is 76.5 Å². The van der Waals surface area contributed by atoms with Gasteiger partial charge in [0.1, 0.15) is 0 Å². The molecule has 13 heavy (non-hydrogen) atoms. The average molecular weight is 205 g/mol. The molecule has 1 aromatic rings. The Bertz CT molecular complexity index is 381. The fourth-order valence-corrected chi connectivity index (χ4v) is 1.24. The molecule has 74 valence electrons. The summed E-state index contributed by atoms with van der Waals surface area (Å²) in [4.78, 5) is 0. The van der Waals surface area contributed by atoms with Crippen molar-refractivity contribution in [2.24, 2.45) is 7.05 Å². The van der Waals surface area contributed by atoms with Gasteiger partial charge in [0.25, 0.3) is 0 Å². The predicted octanol–water partition coefficient (Wildman–Crippen LogP) is -0.967. The average Bonchev–Trinajstić information content (AvgIpc) is 2.35. The standard InChI is InChI=1S/C5H11N5O2S/c1-9(2)13(11,12)7-5-4-6-8-10(5)3/h4,7H,1-3H3. The van der Waals surface area contributed by atoms with Gasteiger partial charge in [0.15, 0.2) is 5.82 Å². The Hall–Kier alpha value is -1.15. The molecule has 0 radical (unpaired) electrons. The molecule has 1 rings (SSSR count). The molecular weight excluding hydrogens is 194 g/mol. The molecule has 1 heterocycles. The molecule has 0 atom stereocenters. The van der Waals surface area contributed by atoms with E-state index in [1.54, 1.807) is 7.05 Å². The summed E-state index contributed by atoms with van der Waals surface area (Å²) in [7, 11) is 1.01. The van der Waals surface area contributed by atoms with Gasteiger partial charge < -0.3 is 0 Å². The van der Waals surface area contributed by atoms with Crippen molar-refractivity contribution in [1.82, 2.24) is 19.3 Å². The van der Waals surface area contributed by atoms with Gasteiger partial charge in [-0.05, 0) is 0 Å². The Morgan fingerprint density at radius 1 is 1.54 bits per heavy atom. The van der Waals surface area contributed by atoms with Gasteiger partial charge in [-0.1, -0.05) is 5.21 Å². The zero-order valence-electron chi connectivity index (χ0n) is 7.59. The molecule has 0 aromatic carbocycles. The van der Waals surface area contributed by atoms with Crippen molar-refractivity contribution in [3.05, 3.63) is 6.20 Å². The summed E-state index contributed by atoms with van der Waals surface area (Å²) in [6.07, 6.45) is 1.33. The van der Waals surface area contributed by atoms with Crippen LogP contribution in [0.1, 0.15) is 0 Å². The number of anilines is 1. The molecule has 0 amide bonds. The zero-order chi connectivity index (χ0) is 10.1. The van der Waals surface area contributed by atoms with Crippen LogP contribution in [0.4, 0.5) is 5.82 Å². The summed E-state index contributed by atoms with van der Waals surface area (Å²) < 4.78 is 27.3. The van der Waals surface area contributed by atoms with E-state index in [1.807, 2.05) is 0 Å². The van der Waals surface area contributed by atoms with E-state index in [4.69, 9.17) is 0 Å². The van der Waals surface area contributed by atoms with Gasteiger partial charge in [-0.15, -0.1) is 5.10 Å². The fourth-order valence-electron chi connectivity index (χ4n) is 0.606. The van der Waals surface area contributed by atoms with E-state index >= 15 is 0 Å². The fraction of sp³-hybridized carbons (Fsp3) is 0.600. The third-order valence-electron chi connectivity index (χ3n) is 1.43. The number of nitrogens with zero attached hydrogens (tertiary/aromatic N) is 4. The van der Waals surface area contributed by atoms with Crippen molar-refractivity contribution in [2.45, 2.75) is 0 Å². The number of rotatable bonds is 3. The van der Waals surface area contributed by atoms with Gasteiger partial charge in [-0.3, -0.25) is 4.72 Å². The summed E-state index contributed by atoms with van der Waals surface area (Å²) in [6, 6.07) is 0. The first-order valence-corrected chi connectivity index (χ1v) is 4.92. The summed E-state index contributed by atoms with van der Waals surface area (Å²) in [5.74, 6) is 0.328. The van der Waals surface area contributed by atoms with Crippen molar-refractivity contribution in [3.8, 4) is 0 Å². The van der Waals surface area contributed by atoms with Crippen molar-refractivity contribution >= 4 is 16.0 Å². The van der Waals surface area contributed by atoms with Crippen molar-refractivity contribution in [1.29, 1.82) is 0 Å². The smallest absolute Gasteiger partial charge is 0.253 e. The van der Waals surface area contributed by atoms with Gasteiger partial charge in [0, 0.05) is 21.1 Å². The summed E-state index contributed by atoms with van der Waals surface area (Å²) in [6.45, 7) is 0. The minimum atomic E-state index is -3.46. The monoisotopic (exact) mass is 205 g/mol. The zero-order valence-corrected chi connectivity index (χ0v) is 8.41. The number of nitrogens with one attached hydrogen (secondary N) is 1. The SMILES string of the molecule is CN(C)S(=O)(=O)Nc1cnnn1C.